The molecule has 0 radical (unpaired) electrons. The summed E-state index contributed by atoms with van der Waals surface area (Å²) in [6, 6.07) is 5.43. The molecular weight excluding hydrogens is 256 g/mol. The van der Waals surface area contributed by atoms with Crippen LogP contribution in [-0.2, 0) is 4.79 Å². The van der Waals surface area contributed by atoms with Gasteiger partial charge in [-0.15, -0.1) is 0 Å². The number of amides is 1. The molecule has 0 saturated carbocycles. The first-order valence-electron chi connectivity index (χ1n) is 6.75. The Bertz CT molecular complexity index is 458. The molecule has 0 aromatic heterocycles. The second-order valence-electron chi connectivity index (χ2n) is 4.36. The molecule has 0 unspecified atom stereocenters. The molecule has 5 nitrogen and oxygen atoms in total. The fourth-order valence-corrected chi connectivity index (χ4v) is 1.70. The number of carbonyl (C=O) groups excluding carboxylic acids is 1. The Labute approximate surface area is 120 Å². The van der Waals surface area contributed by atoms with E-state index in [-0.39, 0.29) is 5.91 Å². The zero-order chi connectivity index (χ0) is 14.8. The lowest BCUT2D eigenvalue weighted by Crippen LogP contribution is -2.16. The average Bonchev–Trinajstić information content (AvgIpc) is 2.47. The Morgan fingerprint density at radius 1 is 1.25 bits per heavy atom. The van der Waals surface area contributed by atoms with Gasteiger partial charge in [0.1, 0.15) is 0 Å². The van der Waals surface area contributed by atoms with E-state index in [9.17, 15) is 4.79 Å². The highest BCUT2D eigenvalue weighted by atomic mass is 16.5. The number of carbonyl (C=O) groups is 1. The largest absolute Gasteiger partial charge is 0.493 e. The number of nitrogens with one attached hydrogen (secondary N) is 1. The minimum Gasteiger partial charge on any atom is -0.493 e. The van der Waals surface area contributed by atoms with Crippen molar-refractivity contribution >= 4 is 12.1 Å². The molecule has 0 saturated heterocycles. The summed E-state index contributed by atoms with van der Waals surface area (Å²) in [5, 5.41) is 3.93. The zero-order valence-electron chi connectivity index (χ0n) is 12.3. The molecule has 0 aliphatic carbocycles. The van der Waals surface area contributed by atoms with Crippen molar-refractivity contribution in [2.24, 2.45) is 5.10 Å². The summed E-state index contributed by atoms with van der Waals surface area (Å²) >= 11 is 0. The fourth-order valence-electron chi connectivity index (χ4n) is 1.70. The lowest BCUT2D eigenvalue weighted by Gasteiger charge is -2.07. The number of hydrogen-bond acceptors (Lipinski definition) is 4. The number of unbranched alkanes of at least 4 members (excludes halogenated alkanes) is 2. The highest BCUT2D eigenvalue weighted by Gasteiger charge is 2.03. The standard InChI is InChI=1S/C15H22N2O3/c1-4-5-6-7-15(18)17-16-11-12-8-9-13(19-2)14(10-12)20-3/h8-11H,4-7H2,1-3H3,(H,17,18)/b16-11+. The highest BCUT2D eigenvalue weighted by molar-refractivity contribution is 5.83. The first-order valence-corrected chi connectivity index (χ1v) is 6.75. The monoisotopic (exact) mass is 278 g/mol. The van der Waals surface area contributed by atoms with E-state index in [4.69, 9.17) is 9.47 Å². The predicted octanol–water partition coefficient (Wildman–Crippen LogP) is 2.73. The van der Waals surface area contributed by atoms with Gasteiger partial charge < -0.3 is 9.47 Å². The van der Waals surface area contributed by atoms with E-state index >= 15 is 0 Å². The number of benzene rings is 1. The molecule has 1 aromatic rings. The Morgan fingerprint density at radius 3 is 2.65 bits per heavy atom. The van der Waals surface area contributed by atoms with Crippen LogP contribution in [0.25, 0.3) is 0 Å². The first-order chi connectivity index (χ1) is 9.71. The Morgan fingerprint density at radius 2 is 2.00 bits per heavy atom. The molecule has 1 amide bonds. The van der Waals surface area contributed by atoms with Gasteiger partial charge in [0.15, 0.2) is 11.5 Å². The first kappa shape index (κ1) is 16.0. The lowest BCUT2D eigenvalue weighted by atomic mass is 10.2. The van der Waals surface area contributed by atoms with Crippen LogP contribution in [0.5, 0.6) is 11.5 Å². The topological polar surface area (TPSA) is 59.9 Å². The second-order valence-corrected chi connectivity index (χ2v) is 4.36. The van der Waals surface area contributed by atoms with E-state index in [0.29, 0.717) is 17.9 Å². The van der Waals surface area contributed by atoms with Gasteiger partial charge in [-0.05, 0) is 30.2 Å². The van der Waals surface area contributed by atoms with Gasteiger partial charge in [0, 0.05) is 6.42 Å². The maximum atomic E-state index is 11.5. The minimum atomic E-state index is -0.0600. The quantitative estimate of drug-likeness (QED) is 0.452. The van der Waals surface area contributed by atoms with Crippen molar-refractivity contribution in [3.63, 3.8) is 0 Å². The average molecular weight is 278 g/mol. The van der Waals surface area contributed by atoms with Crippen LogP contribution in [0, 0.1) is 0 Å². The maximum Gasteiger partial charge on any atom is 0.240 e. The molecule has 1 aromatic carbocycles. The van der Waals surface area contributed by atoms with Gasteiger partial charge in [0.2, 0.25) is 5.91 Å². The molecule has 20 heavy (non-hydrogen) atoms. The van der Waals surface area contributed by atoms with Crippen LogP contribution in [0.15, 0.2) is 23.3 Å². The van der Waals surface area contributed by atoms with E-state index < -0.39 is 0 Å². The number of hydrazone groups is 1. The fraction of sp³-hybridized carbons (Fsp3) is 0.467. The molecule has 0 atom stereocenters. The summed E-state index contributed by atoms with van der Waals surface area (Å²) in [6.07, 6.45) is 5.15. The SMILES string of the molecule is CCCCCC(=O)N/N=C/c1ccc(OC)c(OC)c1. The van der Waals surface area contributed by atoms with Crippen molar-refractivity contribution < 1.29 is 14.3 Å². The molecular formula is C15H22N2O3. The smallest absolute Gasteiger partial charge is 0.240 e. The third-order valence-electron chi connectivity index (χ3n) is 2.82. The van der Waals surface area contributed by atoms with E-state index in [1.54, 1.807) is 32.6 Å². The normalized spacial score (nSPS) is 10.6. The molecule has 5 heteroatoms. The molecule has 1 N–H and O–H groups in total. The molecule has 0 aliphatic heterocycles. The van der Waals surface area contributed by atoms with Gasteiger partial charge in [0.05, 0.1) is 20.4 Å². The van der Waals surface area contributed by atoms with Crippen LogP contribution in [-0.4, -0.2) is 26.3 Å². The van der Waals surface area contributed by atoms with Crippen LogP contribution in [0.2, 0.25) is 0 Å². The van der Waals surface area contributed by atoms with Gasteiger partial charge in [-0.3, -0.25) is 4.79 Å². The van der Waals surface area contributed by atoms with Crippen LogP contribution >= 0.6 is 0 Å². The van der Waals surface area contributed by atoms with Crippen molar-refractivity contribution in [3.8, 4) is 11.5 Å². The van der Waals surface area contributed by atoms with Crippen LogP contribution in [0.3, 0.4) is 0 Å². The summed E-state index contributed by atoms with van der Waals surface area (Å²) in [6.45, 7) is 2.10. The molecule has 0 heterocycles. The predicted molar refractivity (Wildman–Crippen MR) is 79.4 cm³/mol. The number of ether oxygens (including phenoxy) is 2. The Hall–Kier alpha value is -2.04. The summed E-state index contributed by atoms with van der Waals surface area (Å²) in [5.41, 5.74) is 3.34. The van der Waals surface area contributed by atoms with Crippen molar-refractivity contribution in [1.82, 2.24) is 5.43 Å². The van der Waals surface area contributed by atoms with Gasteiger partial charge >= 0.3 is 0 Å². The van der Waals surface area contributed by atoms with Crippen molar-refractivity contribution in [2.75, 3.05) is 14.2 Å². The van der Waals surface area contributed by atoms with Gasteiger partial charge in [0.25, 0.3) is 0 Å². The van der Waals surface area contributed by atoms with E-state index in [1.807, 2.05) is 6.07 Å². The van der Waals surface area contributed by atoms with Gasteiger partial charge in [-0.25, -0.2) is 5.43 Å². The van der Waals surface area contributed by atoms with Gasteiger partial charge in [-0.2, -0.15) is 5.10 Å². The Kier molecular flexibility index (Phi) is 7.17. The summed E-state index contributed by atoms with van der Waals surface area (Å²) in [4.78, 5) is 11.5. The summed E-state index contributed by atoms with van der Waals surface area (Å²) < 4.78 is 10.3. The van der Waals surface area contributed by atoms with Crippen LogP contribution in [0.4, 0.5) is 0 Å². The van der Waals surface area contributed by atoms with Gasteiger partial charge in [-0.1, -0.05) is 19.8 Å². The zero-order valence-corrected chi connectivity index (χ0v) is 12.3. The highest BCUT2D eigenvalue weighted by Crippen LogP contribution is 2.26. The maximum absolute atomic E-state index is 11.5. The Balaban J connectivity index is 2.51. The lowest BCUT2D eigenvalue weighted by molar-refractivity contribution is -0.121. The summed E-state index contributed by atoms with van der Waals surface area (Å²) in [7, 11) is 3.16. The molecule has 1 rings (SSSR count). The second kappa shape index (κ2) is 8.96. The van der Waals surface area contributed by atoms with Crippen LogP contribution < -0.4 is 14.9 Å². The van der Waals surface area contributed by atoms with Crippen molar-refractivity contribution in [2.45, 2.75) is 32.6 Å². The van der Waals surface area contributed by atoms with E-state index in [2.05, 4.69) is 17.5 Å². The van der Waals surface area contributed by atoms with Crippen LogP contribution in [0.1, 0.15) is 38.2 Å². The molecule has 0 bridgehead atoms. The number of hydrogen-bond donors (Lipinski definition) is 1. The van der Waals surface area contributed by atoms with E-state index in [0.717, 1.165) is 24.8 Å². The van der Waals surface area contributed by atoms with Crippen molar-refractivity contribution in [3.05, 3.63) is 23.8 Å². The van der Waals surface area contributed by atoms with E-state index in [1.165, 1.54) is 0 Å². The number of methoxy groups -OCH3 is 2. The number of nitrogens with zero attached hydrogens (tertiary/aromatic N) is 1. The third-order valence-corrected chi connectivity index (χ3v) is 2.82. The molecule has 0 fully saturated rings. The molecule has 110 valence electrons. The number of rotatable bonds is 8. The van der Waals surface area contributed by atoms with Crippen molar-refractivity contribution in [1.29, 1.82) is 0 Å². The molecule has 0 spiro atoms. The molecule has 0 aliphatic rings. The third kappa shape index (κ3) is 5.30. The summed E-state index contributed by atoms with van der Waals surface area (Å²) in [5.74, 6) is 1.23. The minimum absolute atomic E-state index is 0.0600.